The van der Waals surface area contributed by atoms with E-state index in [1.807, 2.05) is 43.3 Å². The average Bonchev–Trinajstić information content (AvgIpc) is 2.31. The molecular weight excluding hydrogens is 186 g/mol. The Bertz CT molecular complexity index is 426. The number of ether oxygens (including phenoxy) is 1. The predicted octanol–water partition coefficient (Wildman–Crippen LogP) is 2.95. The minimum Gasteiger partial charge on any atom is -0.493 e. The van der Waals surface area contributed by atoms with Crippen molar-refractivity contribution < 1.29 is 4.74 Å². The Balaban J connectivity index is 2.43. The molecule has 0 aliphatic rings. The van der Waals surface area contributed by atoms with Crippen molar-refractivity contribution in [2.24, 2.45) is 0 Å². The zero-order valence-electron chi connectivity index (χ0n) is 8.60. The van der Waals surface area contributed by atoms with Crippen LogP contribution in [0.2, 0.25) is 0 Å². The summed E-state index contributed by atoms with van der Waals surface area (Å²) in [4.78, 5) is 4.00. The fourth-order valence-corrected chi connectivity index (χ4v) is 1.43. The lowest BCUT2D eigenvalue weighted by Crippen LogP contribution is -1.94. The summed E-state index contributed by atoms with van der Waals surface area (Å²) in [5, 5.41) is 0. The molecule has 15 heavy (non-hydrogen) atoms. The van der Waals surface area contributed by atoms with Crippen molar-refractivity contribution in [3.63, 3.8) is 0 Å². The molecule has 0 saturated heterocycles. The number of benzene rings is 1. The molecule has 0 unspecified atom stereocenters. The van der Waals surface area contributed by atoms with E-state index in [0.29, 0.717) is 6.61 Å². The molecule has 0 spiro atoms. The molecule has 2 heteroatoms. The van der Waals surface area contributed by atoms with Crippen LogP contribution in [0.15, 0.2) is 42.6 Å². The minimum atomic E-state index is 0.650. The SMILES string of the molecule is CCOc1ccn[c]c1-c1ccccc1. The molecule has 2 nitrogen and oxygen atoms in total. The van der Waals surface area contributed by atoms with Gasteiger partial charge < -0.3 is 4.74 Å². The highest BCUT2D eigenvalue weighted by atomic mass is 16.5. The van der Waals surface area contributed by atoms with E-state index in [0.717, 1.165) is 16.9 Å². The molecule has 0 aliphatic carbocycles. The minimum absolute atomic E-state index is 0.650. The van der Waals surface area contributed by atoms with Gasteiger partial charge in [-0.15, -0.1) is 0 Å². The number of rotatable bonds is 3. The van der Waals surface area contributed by atoms with Crippen molar-refractivity contribution in [1.82, 2.24) is 4.98 Å². The quantitative estimate of drug-likeness (QED) is 0.756. The molecule has 1 radical (unpaired) electrons. The molecule has 0 aliphatic heterocycles. The van der Waals surface area contributed by atoms with E-state index in [1.54, 1.807) is 6.20 Å². The lowest BCUT2D eigenvalue weighted by molar-refractivity contribution is 0.341. The van der Waals surface area contributed by atoms with Gasteiger partial charge in [0.05, 0.1) is 12.2 Å². The van der Waals surface area contributed by atoms with Gasteiger partial charge in [-0.2, -0.15) is 0 Å². The number of hydrogen-bond acceptors (Lipinski definition) is 2. The topological polar surface area (TPSA) is 22.1 Å². The van der Waals surface area contributed by atoms with Gasteiger partial charge in [0, 0.05) is 6.20 Å². The van der Waals surface area contributed by atoms with Crippen LogP contribution in [-0.2, 0) is 0 Å². The molecule has 0 N–H and O–H groups in total. The summed E-state index contributed by atoms with van der Waals surface area (Å²) in [5.74, 6) is 0.832. The molecule has 1 aromatic carbocycles. The smallest absolute Gasteiger partial charge is 0.130 e. The largest absolute Gasteiger partial charge is 0.493 e. The summed E-state index contributed by atoms with van der Waals surface area (Å²) in [7, 11) is 0. The summed E-state index contributed by atoms with van der Waals surface area (Å²) >= 11 is 0. The maximum atomic E-state index is 5.52. The normalized spacial score (nSPS) is 9.93. The molecular formula is C13H12NO. The number of aromatic nitrogens is 1. The molecule has 1 aromatic heterocycles. The second-order valence-electron chi connectivity index (χ2n) is 3.09. The van der Waals surface area contributed by atoms with Crippen LogP contribution in [0.5, 0.6) is 5.75 Å². The summed E-state index contributed by atoms with van der Waals surface area (Å²) in [6.45, 7) is 2.62. The van der Waals surface area contributed by atoms with Crippen molar-refractivity contribution >= 4 is 0 Å². The fraction of sp³-hybridized carbons (Fsp3) is 0.154. The molecule has 1 heterocycles. The van der Waals surface area contributed by atoms with Crippen LogP contribution in [0.25, 0.3) is 11.1 Å². The third-order valence-corrected chi connectivity index (χ3v) is 2.09. The van der Waals surface area contributed by atoms with E-state index < -0.39 is 0 Å². The Morgan fingerprint density at radius 2 is 2.00 bits per heavy atom. The van der Waals surface area contributed by atoms with E-state index >= 15 is 0 Å². The Hall–Kier alpha value is -1.83. The number of hydrogen-bond donors (Lipinski definition) is 0. The first-order valence-corrected chi connectivity index (χ1v) is 4.96. The average molecular weight is 198 g/mol. The van der Waals surface area contributed by atoms with Gasteiger partial charge in [-0.3, -0.25) is 4.98 Å². The van der Waals surface area contributed by atoms with Gasteiger partial charge in [0.1, 0.15) is 11.9 Å². The van der Waals surface area contributed by atoms with Crippen LogP contribution in [0.1, 0.15) is 6.92 Å². The Labute approximate surface area is 89.6 Å². The predicted molar refractivity (Wildman–Crippen MR) is 59.7 cm³/mol. The van der Waals surface area contributed by atoms with Crippen LogP contribution in [0, 0.1) is 6.20 Å². The molecule has 0 saturated carbocycles. The summed E-state index contributed by atoms with van der Waals surface area (Å²) in [5.41, 5.74) is 1.99. The lowest BCUT2D eigenvalue weighted by Gasteiger charge is -2.08. The molecule has 0 fully saturated rings. The zero-order chi connectivity index (χ0) is 10.5. The van der Waals surface area contributed by atoms with Crippen molar-refractivity contribution in [3.05, 3.63) is 48.8 Å². The Kier molecular flexibility index (Phi) is 2.98. The number of pyridine rings is 1. The van der Waals surface area contributed by atoms with Crippen LogP contribution in [-0.4, -0.2) is 11.6 Å². The second-order valence-corrected chi connectivity index (χ2v) is 3.09. The van der Waals surface area contributed by atoms with Crippen LogP contribution < -0.4 is 4.74 Å². The Morgan fingerprint density at radius 1 is 1.20 bits per heavy atom. The molecule has 0 bridgehead atoms. The van der Waals surface area contributed by atoms with Crippen molar-refractivity contribution in [3.8, 4) is 16.9 Å². The first kappa shape index (κ1) is 9.71. The molecule has 2 rings (SSSR count). The van der Waals surface area contributed by atoms with Crippen LogP contribution in [0.4, 0.5) is 0 Å². The third-order valence-electron chi connectivity index (χ3n) is 2.09. The Morgan fingerprint density at radius 3 is 2.73 bits per heavy atom. The summed E-state index contributed by atoms with van der Waals surface area (Å²) < 4.78 is 5.52. The maximum absolute atomic E-state index is 5.52. The number of nitrogens with zero attached hydrogens (tertiary/aromatic N) is 1. The summed E-state index contributed by atoms with van der Waals surface area (Å²) in [6, 6.07) is 11.9. The first-order chi connectivity index (χ1) is 7.42. The van der Waals surface area contributed by atoms with E-state index in [-0.39, 0.29) is 0 Å². The van der Waals surface area contributed by atoms with E-state index in [2.05, 4.69) is 11.2 Å². The fourth-order valence-electron chi connectivity index (χ4n) is 1.43. The molecule has 2 aromatic rings. The lowest BCUT2D eigenvalue weighted by atomic mass is 10.1. The molecule has 75 valence electrons. The monoisotopic (exact) mass is 198 g/mol. The van der Waals surface area contributed by atoms with Crippen LogP contribution >= 0.6 is 0 Å². The molecule has 0 amide bonds. The summed E-state index contributed by atoms with van der Waals surface area (Å²) in [6.07, 6.45) is 4.65. The van der Waals surface area contributed by atoms with Gasteiger partial charge in [0.2, 0.25) is 0 Å². The van der Waals surface area contributed by atoms with Gasteiger partial charge in [0.15, 0.2) is 0 Å². The van der Waals surface area contributed by atoms with Gasteiger partial charge in [-0.1, -0.05) is 30.3 Å². The van der Waals surface area contributed by atoms with E-state index in [9.17, 15) is 0 Å². The highest BCUT2D eigenvalue weighted by molar-refractivity contribution is 5.68. The highest BCUT2D eigenvalue weighted by Gasteiger charge is 2.05. The molecule has 0 atom stereocenters. The van der Waals surface area contributed by atoms with Crippen molar-refractivity contribution in [1.29, 1.82) is 0 Å². The third kappa shape index (κ3) is 2.15. The first-order valence-electron chi connectivity index (χ1n) is 4.96. The van der Waals surface area contributed by atoms with Gasteiger partial charge >= 0.3 is 0 Å². The maximum Gasteiger partial charge on any atom is 0.130 e. The van der Waals surface area contributed by atoms with Gasteiger partial charge in [0.25, 0.3) is 0 Å². The van der Waals surface area contributed by atoms with E-state index in [4.69, 9.17) is 4.74 Å². The van der Waals surface area contributed by atoms with Crippen LogP contribution in [0.3, 0.4) is 0 Å². The highest BCUT2D eigenvalue weighted by Crippen LogP contribution is 2.27. The van der Waals surface area contributed by atoms with Crippen molar-refractivity contribution in [2.45, 2.75) is 6.92 Å². The van der Waals surface area contributed by atoms with Crippen molar-refractivity contribution in [2.75, 3.05) is 6.61 Å². The van der Waals surface area contributed by atoms with E-state index in [1.165, 1.54) is 0 Å². The van der Waals surface area contributed by atoms with Gasteiger partial charge in [-0.05, 0) is 18.6 Å². The van der Waals surface area contributed by atoms with Gasteiger partial charge in [-0.25, -0.2) is 0 Å². The second kappa shape index (κ2) is 4.60. The zero-order valence-corrected chi connectivity index (χ0v) is 8.60. The standard InChI is InChI=1S/C13H12NO/c1-2-15-13-8-9-14-10-12(13)11-6-4-3-5-7-11/h3-9H,2H2,1H3.